The predicted octanol–water partition coefficient (Wildman–Crippen LogP) is 1.75. The summed E-state index contributed by atoms with van der Waals surface area (Å²) in [6.07, 6.45) is -2.23. The van der Waals surface area contributed by atoms with Gasteiger partial charge in [0, 0.05) is 19.5 Å². The molecule has 2 aromatic carbocycles. The van der Waals surface area contributed by atoms with Gasteiger partial charge in [0.15, 0.2) is 6.61 Å². The molecule has 1 atom stereocenters. The van der Waals surface area contributed by atoms with E-state index in [1.54, 1.807) is 0 Å². The van der Waals surface area contributed by atoms with Crippen molar-refractivity contribution < 1.29 is 34.2 Å². The van der Waals surface area contributed by atoms with Gasteiger partial charge in [0.05, 0.1) is 12.5 Å². The first-order valence-electron chi connectivity index (χ1n) is 9.75. The molecule has 0 aliphatic heterocycles. The van der Waals surface area contributed by atoms with Crippen molar-refractivity contribution in [2.75, 3.05) is 26.8 Å². The van der Waals surface area contributed by atoms with Gasteiger partial charge >= 0.3 is 12.1 Å². The maximum Gasteiger partial charge on any atom is 0.407 e. The summed E-state index contributed by atoms with van der Waals surface area (Å²) in [5.41, 5.74) is 4.42. The number of hydrogen-bond donors (Lipinski definition) is 3. The number of amides is 2. The van der Waals surface area contributed by atoms with Crippen LogP contribution < -0.4 is 5.32 Å². The number of nitrogens with zero attached hydrogens (tertiary/aromatic N) is 1. The standard InChI is InChI=1S/C22H24N2O7/c1-24(31-13-21(27)28)20(26)10-14(25)11-23-22(29)30-12-19-17-8-4-2-6-15(17)16-7-3-5-9-18(16)19/h2-9,14,19,25H,10-13H2,1H3,(H,23,29)(H,27,28). The minimum absolute atomic E-state index is 0.0790. The molecular weight excluding hydrogens is 404 g/mol. The normalized spacial score (nSPS) is 13.1. The van der Waals surface area contributed by atoms with Crippen LogP contribution in [0.4, 0.5) is 4.79 Å². The lowest BCUT2D eigenvalue weighted by Crippen LogP contribution is -2.37. The second kappa shape index (κ2) is 10.1. The number of hydroxylamine groups is 2. The van der Waals surface area contributed by atoms with Crippen LogP contribution in [0.25, 0.3) is 11.1 Å². The summed E-state index contributed by atoms with van der Waals surface area (Å²) < 4.78 is 5.36. The molecule has 164 valence electrons. The molecule has 0 saturated carbocycles. The van der Waals surface area contributed by atoms with Crippen LogP contribution in [0.1, 0.15) is 23.5 Å². The lowest BCUT2D eigenvalue weighted by Gasteiger charge is -2.18. The SMILES string of the molecule is CN(OCC(=O)O)C(=O)CC(O)CNC(=O)OCC1c2ccccc2-c2ccccc21. The second-order valence-electron chi connectivity index (χ2n) is 7.12. The van der Waals surface area contributed by atoms with Crippen molar-refractivity contribution in [3.8, 4) is 11.1 Å². The lowest BCUT2D eigenvalue weighted by molar-refractivity contribution is -0.187. The number of carbonyl (C=O) groups excluding carboxylic acids is 2. The van der Waals surface area contributed by atoms with Gasteiger partial charge in [0.1, 0.15) is 6.61 Å². The summed E-state index contributed by atoms with van der Waals surface area (Å²) >= 11 is 0. The number of alkyl carbamates (subject to hydrolysis) is 1. The largest absolute Gasteiger partial charge is 0.479 e. The quantitative estimate of drug-likeness (QED) is 0.520. The number of rotatable bonds is 9. The Morgan fingerprint density at radius 2 is 1.65 bits per heavy atom. The van der Waals surface area contributed by atoms with Gasteiger partial charge in [-0.3, -0.25) is 9.63 Å². The van der Waals surface area contributed by atoms with E-state index in [-0.39, 0.29) is 25.5 Å². The molecule has 0 fully saturated rings. The number of aliphatic carboxylic acids is 1. The summed E-state index contributed by atoms with van der Waals surface area (Å²) in [6.45, 7) is -0.730. The number of ether oxygens (including phenoxy) is 1. The number of benzene rings is 2. The van der Waals surface area contributed by atoms with Crippen LogP contribution >= 0.6 is 0 Å². The molecule has 9 nitrogen and oxygen atoms in total. The molecule has 0 radical (unpaired) electrons. The van der Waals surface area contributed by atoms with Gasteiger partial charge in [-0.25, -0.2) is 14.7 Å². The fourth-order valence-electron chi connectivity index (χ4n) is 3.48. The molecule has 0 bridgehead atoms. The monoisotopic (exact) mass is 428 g/mol. The third-order valence-electron chi connectivity index (χ3n) is 4.97. The average molecular weight is 428 g/mol. The highest BCUT2D eigenvalue weighted by Gasteiger charge is 2.29. The highest BCUT2D eigenvalue weighted by atomic mass is 16.7. The second-order valence-corrected chi connectivity index (χ2v) is 7.12. The molecule has 0 aromatic heterocycles. The van der Waals surface area contributed by atoms with Crippen molar-refractivity contribution in [2.24, 2.45) is 0 Å². The number of carboxylic acid groups (broad SMARTS) is 1. The van der Waals surface area contributed by atoms with Crippen LogP contribution in [-0.2, 0) is 19.2 Å². The van der Waals surface area contributed by atoms with E-state index in [9.17, 15) is 19.5 Å². The van der Waals surface area contributed by atoms with E-state index in [0.29, 0.717) is 0 Å². The van der Waals surface area contributed by atoms with Crippen molar-refractivity contribution >= 4 is 18.0 Å². The molecule has 1 aliphatic carbocycles. The van der Waals surface area contributed by atoms with Crippen LogP contribution in [0.15, 0.2) is 48.5 Å². The highest BCUT2D eigenvalue weighted by molar-refractivity contribution is 5.79. The summed E-state index contributed by atoms with van der Waals surface area (Å²) in [4.78, 5) is 39.1. The number of hydrogen-bond acceptors (Lipinski definition) is 6. The molecule has 0 heterocycles. The van der Waals surface area contributed by atoms with Crippen molar-refractivity contribution in [2.45, 2.75) is 18.4 Å². The van der Waals surface area contributed by atoms with Crippen LogP contribution in [0, 0.1) is 0 Å². The number of carbonyl (C=O) groups is 3. The zero-order valence-corrected chi connectivity index (χ0v) is 17.0. The van der Waals surface area contributed by atoms with Crippen LogP contribution in [0.5, 0.6) is 0 Å². The topological polar surface area (TPSA) is 125 Å². The smallest absolute Gasteiger partial charge is 0.407 e. The molecule has 0 saturated heterocycles. The summed E-state index contributed by atoms with van der Waals surface area (Å²) in [5.74, 6) is -1.93. The van der Waals surface area contributed by atoms with Gasteiger partial charge in [-0.2, -0.15) is 0 Å². The Balaban J connectivity index is 1.47. The Hall–Kier alpha value is -3.43. The summed E-state index contributed by atoms with van der Waals surface area (Å²) in [6, 6.07) is 15.9. The number of aliphatic hydroxyl groups is 1. The van der Waals surface area contributed by atoms with Gasteiger partial charge < -0.3 is 20.3 Å². The fourth-order valence-corrected chi connectivity index (χ4v) is 3.48. The van der Waals surface area contributed by atoms with Gasteiger partial charge in [0.25, 0.3) is 0 Å². The molecule has 1 aliphatic rings. The molecule has 1 unspecified atom stereocenters. The number of fused-ring (bicyclic) bond motifs is 3. The van der Waals surface area contributed by atoms with Gasteiger partial charge in [-0.05, 0) is 22.3 Å². The van der Waals surface area contributed by atoms with Crippen molar-refractivity contribution in [3.05, 3.63) is 59.7 Å². The molecule has 3 N–H and O–H groups in total. The molecule has 0 spiro atoms. The first-order valence-corrected chi connectivity index (χ1v) is 9.75. The Morgan fingerprint density at radius 3 is 2.23 bits per heavy atom. The highest BCUT2D eigenvalue weighted by Crippen LogP contribution is 2.44. The lowest BCUT2D eigenvalue weighted by atomic mass is 9.98. The van der Waals surface area contributed by atoms with Crippen LogP contribution in [0.2, 0.25) is 0 Å². The van der Waals surface area contributed by atoms with Gasteiger partial charge in [0.2, 0.25) is 5.91 Å². The van der Waals surface area contributed by atoms with Crippen LogP contribution in [-0.4, -0.2) is 66.2 Å². The molecular formula is C22H24N2O7. The number of aliphatic hydroxyl groups excluding tert-OH is 1. The van der Waals surface area contributed by atoms with Crippen molar-refractivity contribution in [1.29, 1.82) is 0 Å². The van der Waals surface area contributed by atoms with E-state index in [1.165, 1.54) is 7.05 Å². The molecule has 2 amide bonds. The van der Waals surface area contributed by atoms with E-state index in [2.05, 4.69) is 5.32 Å². The Kier molecular flexibility index (Phi) is 7.22. The predicted molar refractivity (Wildman–Crippen MR) is 110 cm³/mol. The third kappa shape index (κ3) is 5.59. The molecule has 31 heavy (non-hydrogen) atoms. The van der Waals surface area contributed by atoms with E-state index in [4.69, 9.17) is 14.7 Å². The average Bonchev–Trinajstić information content (AvgIpc) is 3.08. The molecule has 3 rings (SSSR count). The molecule has 2 aromatic rings. The zero-order chi connectivity index (χ0) is 22.4. The van der Waals surface area contributed by atoms with Gasteiger partial charge in [-0.15, -0.1) is 0 Å². The zero-order valence-electron chi connectivity index (χ0n) is 17.0. The first kappa shape index (κ1) is 22.3. The third-order valence-corrected chi connectivity index (χ3v) is 4.97. The van der Waals surface area contributed by atoms with E-state index < -0.39 is 30.7 Å². The summed E-state index contributed by atoms with van der Waals surface area (Å²) in [5, 5.41) is 21.7. The van der Waals surface area contributed by atoms with Crippen molar-refractivity contribution in [3.63, 3.8) is 0 Å². The first-order chi connectivity index (χ1) is 14.9. The number of carboxylic acids is 1. The van der Waals surface area contributed by atoms with Crippen LogP contribution in [0.3, 0.4) is 0 Å². The van der Waals surface area contributed by atoms with E-state index in [1.807, 2.05) is 48.5 Å². The van der Waals surface area contributed by atoms with Crippen molar-refractivity contribution in [1.82, 2.24) is 10.4 Å². The Bertz CT molecular complexity index is 917. The summed E-state index contributed by atoms with van der Waals surface area (Å²) in [7, 11) is 1.25. The molecule has 9 heteroatoms. The maximum absolute atomic E-state index is 12.1. The Morgan fingerprint density at radius 1 is 1.06 bits per heavy atom. The Labute approximate surface area is 179 Å². The minimum atomic E-state index is -1.22. The fraction of sp³-hybridized carbons (Fsp3) is 0.318. The van der Waals surface area contributed by atoms with Gasteiger partial charge in [-0.1, -0.05) is 48.5 Å². The number of nitrogens with one attached hydrogen (secondary N) is 1. The minimum Gasteiger partial charge on any atom is -0.479 e. The van der Waals surface area contributed by atoms with E-state index in [0.717, 1.165) is 27.3 Å². The maximum atomic E-state index is 12.1. The van der Waals surface area contributed by atoms with E-state index >= 15 is 0 Å².